The lowest BCUT2D eigenvalue weighted by atomic mass is 9.95. The Morgan fingerprint density at radius 3 is 2.69 bits per heavy atom. The summed E-state index contributed by atoms with van der Waals surface area (Å²) < 4.78 is 0. The molecule has 0 aliphatic carbocycles. The van der Waals surface area contributed by atoms with Crippen LogP contribution in [0, 0.1) is 12.8 Å². The SMILES string of the molecule is CCCNC(C)C(CC)Cc1nc(C)cs1. The molecule has 1 aromatic heterocycles. The van der Waals surface area contributed by atoms with Gasteiger partial charge in [0.1, 0.15) is 0 Å². The third-order valence-electron chi connectivity index (χ3n) is 3.05. The molecule has 2 unspecified atom stereocenters. The molecule has 0 bridgehead atoms. The minimum atomic E-state index is 0.592. The Morgan fingerprint density at radius 1 is 1.44 bits per heavy atom. The van der Waals surface area contributed by atoms with Crippen LogP contribution in [0.4, 0.5) is 0 Å². The molecule has 0 amide bonds. The maximum atomic E-state index is 4.55. The van der Waals surface area contributed by atoms with E-state index in [9.17, 15) is 0 Å². The smallest absolute Gasteiger partial charge is 0.0931 e. The van der Waals surface area contributed by atoms with Crippen molar-refractivity contribution in [2.45, 2.75) is 53.0 Å². The van der Waals surface area contributed by atoms with Gasteiger partial charge in [-0.3, -0.25) is 0 Å². The molecule has 0 fully saturated rings. The fourth-order valence-corrected chi connectivity index (χ4v) is 2.80. The number of hydrogen-bond acceptors (Lipinski definition) is 3. The summed E-state index contributed by atoms with van der Waals surface area (Å²) in [6.07, 6.45) is 3.54. The summed E-state index contributed by atoms with van der Waals surface area (Å²) in [7, 11) is 0. The van der Waals surface area contributed by atoms with Gasteiger partial charge in [-0.25, -0.2) is 4.98 Å². The molecule has 0 spiro atoms. The second-order valence-corrected chi connectivity index (χ2v) is 5.44. The first-order valence-electron chi connectivity index (χ1n) is 6.31. The van der Waals surface area contributed by atoms with Crippen molar-refractivity contribution >= 4 is 11.3 Å². The second-order valence-electron chi connectivity index (χ2n) is 4.50. The van der Waals surface area contributed by atoms with E-state index in [4.69, 9.17) is 0 Å². The standard InChI is InChI=1S/C13H24N2S/c1-5-7-14-11(4)12(6-2)8-13-15-10(3)9-16-13/h9,11-12,14H,5-8H2,1-4H3. The quantitative estimate of drug-likeness (QED) is 0.790. The van der Waals surface area contributed by atoms with Crippen LogP contribution >= 0.6 is 11.3 Å². The zero-order chi connectivity index (χ0) is 12.0. The summed E-state index contributed by atoms with van der Waals surface area (Å²) in [6, 6.07) is 0.592. The summed E-state index contributed by atoms with van der Waals surface area (Å²) in [6.45, 7) is 9.97. The Hall–Kier alpha value is -0.410. The molecule has 1 aromatic rings. The zero-order valence-corrected chi connectivity index (χ0v) is 11.7. The molecular formula is C13H24N2S. The Kier molecular flexibility index (Phi) is 5.99. The fraction of sp³-hybridized carbons (Fsp3) is 0.769. The van der Waals surface area contributed by atoms with Crippen molar-refractivity contribution in [2.75, 3.05) is 6.54 Å². The predicted molar refractivity (Wildman–Crippen MR) is 72.1 cm³/mol. The lowest BCUT2D eigenvalue weighted by Gasteiger charge is -2.22. The number of nitrogens with one attached hydrogen (secondary N) is 1. The maximum Gasteiger partial charge on any atom is 0.0931 e. The molecule has 2 nitrogen and oxygen atoms in total. The molecule has 16 heavy (non-hydrogen) atoms. The van der Waals surface area contributed by atoms with Crippen LogP contribution in [0.25, 0.3) is 0 Å². The Balaban J connectivity index is 2.47. The van der Waals surface area contributed by atoms with Gasteiger partial charge in [0, 0.05) is 23.5 Å². The lowest BCUT2D eigenvalue weighted by molar-refractivity contribution is 0.362. The predicted octanol–water partition coefficient (Wildman–Crippen LogP) is 3.41. The van der Waals surface area contributed by atoms with Gasteiger partial charge in [0.25, 0.3) is 0 Å². The number of nitrogens with zero attached hydrogens (tertiary/aromatic N) is 1. The molecule has 0 saturated heterocycles. The zero-order valence-electron chi connectivity index (χ0n) is 10.9. The van der Waals surface area contributed by atoms with E-state index in [0.717, 1.165) is 18.7 Å². The molecule has 2 atom stereocenters. The van der Waals surface area contributed by atoms with E-state index in [2.05, 4.69) is 43.4 Å². The van der Waals surface area contributed by atoms with E-state index in [1.165, 1.54) is 17.8 Å². The molecule has 0 saturated carbocycles. The van der Waals surface area contributed by atoms with E-state index in [0.29, 0.717) is 12.0 Å². The normalized spacial score (nSPS) is 15.0. The molecular weight excluding hydrogens is 216 g/mol. The van der Waals surface area contributed by atoms with E-state index >= 15 is 0 Å². The third-order valence-corrected chi connectivity index (χ3v) is 4.04. The molecule has 0 aromatic carbocycles. The van der Waals surface area contributed by atoms with E-state index in [1.54, 1.807) is 11.3 Å². The summed E-state index contributed by atoms with van der Waals surface area (Å²) in [4.78, 5) is 4.55. The summed E-state index contributed by atoms with van der Waals surface area (Å²) in [5.41, 5.74) is 1.16. The minimum absolute atomic E-state index is 0.592. The average molecular weight is 240 g/mol. The van der Waals surface area contributed by atoms with Gasteiger partial charge in [0.05, 0.1) is 5.01 Å². The van der Waals surface area contributed by atoms with Crippen molar-refractivity contribution in [3.8, 4) is 0 Å². The first kappa shape index (κ1) is 13.7. The first-order valence-corrected chi connectivity index (χ1v) is 7.19. The van der Waals surface area contributed by atoms with Crippen molar-refractivity contribution in [2.24, 2.45) is 5.92 Å². The van der Waals surface area contributed by atoms with Crippen molar-refractivity contribution in [3.05, 3.63) is 16.1 Å². The molecule has 1 N–H and O–H groups in total. The number of aromatic nitrogens is 1. The first-order chi connectivity index (χ1) is 7.67. The van der Waals surface area contributed by atoms with Crippen LogP contribution in [0.1, 0.15) is 44.3 Å². The van der Waals surface area contributed by atoms with Gasteiger partial charge in [-0.15, -0.1) is 11.3 Å². The van der Waals surface area contributed by atoms with Crippen LogP contribution in [-0.4, -0.2) is 17.6 Å². The Bertz CT molecular complexity index is 296. The highest BCUT2D eigenvalue weighted by molar-refractivity contribution is 7.09. The topological polar surface area (TPSA) is 24.9 Å². The summed E-state index contributed by atoms with van der Waals surface area (Å²) >= 11 is 1.80. The molecule has 1 rings (SSSR count). The van der Waals surface area contributed by atoms with Crippen LogP contribution in [0.5, 0.6) is 0 Å². The summed E-state index contributed by atoms with van der Waals surface area (Å²) in [5, 5.41) is 7.02. The van der Waals surface area contributed by atoms with Crippen LogP contribution in [0.3, 0.4) is 0 Å². The monoisotopic (exact) mass is 240 g/mol. The second kappa shape index (κ2) is 7.02. The molecule has 0 aliphatic heterocycles. The van der Waals surface area contributed by atoms with Crippen molar-refractivity contribution in [3.63, 3.8) is 0 Å². The number of rotatable bonds is 7. The van der Waals surface area contributed by atoms with E-state index in [1.807, 2.05) is 0 Å². The summed E-state index contributed by atoms with van der Waals surface area (Å²) in [5.74, 6) is 0.706. The van der Waals surface area contributed by atoms with Crippen LogP contribution in [0.2, 0.25) is 0 Å². The minimum Gasteiger partial charge on any atom is -0.314 e. The van der Waals surface area contributed by atoms with E-state index in [-0.39, 0.29) is 0 Å². The highest BCUT2D eigenvalue weighted by Crippen LogP contribution is 2.19. The highest BCUT2D eigenvalue weighted by Gasteiger charge is 2.16. The van der Waals surface area contributed by atoms with Gasteiger partial charge < -0.3 is 5.32 Å². The van der Waals surface area contributed by atoms with Crippen molar-refractivity contribution < 1.29 is 0 Å². The molecule has 0 aliphatic rings. The van der Waals surface area contributed by atoms with Gasteiger partial charge in [-0.05, 0) is 32.7 Å². The lowest BCUT2D eigenvalue weighted by Crippen LogP contribution is -2.34. The molecule has 1 heterocycles. The number of thiazole rings is 1. The molecule has 92 valence electrons. The van der Waals surface area contributed by atoms with Gasteiger partial charge >= 0.3 is 0 Å². The highest BCUT2D eigenvalue weighted by atomic mass is 32.1. The molecule has 3 heteroatoms. The van der Waals surface area contributed by atoms with Gasteiger partial charge in [0.15, 0.2) is 0 Å². The number of aryl methyl sites for hydroxylation is 1. The van der Waals surface area contributed by atoms with Crippen molar-refractivity contribution in [1.29, 1.82) is 0 Å². The van der Waals surface area contributed by atoms with Crippen LogP contribution in [0.15, 0.2) is 5.38 Å². The van der Waals surface area contributed by atoms with Crippen LogP contribution < -0.4 is 5.32 Å². The Labute approximate surface area is 103 Å². The maximum absolute atomic E-state index is 4.55. The molecule has 0 radical (unpaired) electrons. The van der Waals surface area contributed by atoms with Gasteiger partial charge in [-0.2, -0.15) is 0 Å². The Morgan fingerprint density at radius 2 is 2.19 bits per heavy atom. The third kappa shape index (κ3) is 4.22. The fourth-order valence-electron chi connectivity index (χ4n) is 1.93. The largest absolute Gasteiger partial charge is 0.314 e. The average Bonchev–Trinajstić information content (AvgIpc) is 2.68. The van der Waals surface area contributed by atoms with E-state index < -0.39 is 0 Å². The van der Waals surface area contributed by atoms with Gasteiger partial charge in [0.2, 0.25) is 0 Å². The number of hydrogen-bond donors (Lipinski definition) is 1. The van der Waals surface area contributed by atoms with Gasteiger partial charge in [-0.1, -0.05) is 20.3 Å². The van der Waals surface area contributed by atoms with Crippen molar-refractivity contribution in [1.82, 2.24) is 10.3 Å². The van der Waals surface area contributed by atoms with Crippen LogP contribution in [-0.2, 0) is 6.42 Å².